The summed E-state index contributed by atoms with van der Waals surface area (Å²) in [6, 6.07) is 10.5. The first kappa shape index (κ1) is 14.0. The Morgan fingerprint density at radius 1 is 1.21 bits per heavy atom. The van der Waals surface area contributed by atoms with Gasteiger partial charge in [0.05, 0.1) is 0 Å². The monoisotopic (exact) mass is 274 g/mol. The van der Waals surface area contributed by atoms with Crippen LogP contribution in [0.15, 0.2) is 42.7 Å². The summed E-state index contributed by atoms with van der Waals surface area (Å²) >= 11 is 5.88. The van der Waals surface area contributed by atoms with Crippen LogP contribution in [0.1, 0.15) is 23.6 Å². The maximum Gasteiger partial charge on any atom is 0.0406 e. The number of aromatic nitrogens is 1. The highest BCUT2D eigenvalue weighted by Gasteiger charge is 2.04. The minimum absolute atomic E-state index is 0.417. The second-order valence-electron chi connectivity index (χ2n) is 4.91. The number of hydrogen-bond donors (Lipinski definition) is 1. The summed E-state index contributed by atoms with van der Waals surface area (Å²) in [4.78, 5) is 4.16. The summed E-state index contributed by atoms with van der Waals surface area (Å²) in [6.07, 6.45) is 4.75. The number of hydrogen-bond acceptors (Lipinski definition) is 2. The Labute approximate surface area is 119 Å². The van der Waals surface area contributed by atoms with E-state index < -0.39 is 0 Å². The zero-order valence-electron chi connectivity index (χ0n) is 11.4. The Bertz CT molecular complexity index is 523. The van der Waals surface area contributed by atoms with E-state index in [1.807, 2.05) is 30.6 Å². The molecule has 0 saturated carbocycles. The maximum absolute atomic E-state index is 5.88. The molecule has 1 N–H and O–H groups in total. The third kappa shape index (κ3) is 4.34. The van der Waals surface area contributed by atoms with Gasteiger partial charge in [-0.25, -0.2) is 0 Å². The smallest absolute Gasteiger partial charge is 0.0406 e. The molecular formula is C16H19ClN2. The normalized spacial score (nSPS) is 12.4. The molecule has 0 saturated heterocycles. The van der Waals surface area contributed by atoms with Crippen molar-refractivity contribution in [2.75, 3.05) is 0 Å². The van der Waals surface area contributed by atoms with Crippen LogP contribution in [-0.2, 0) is 13.0 Å². The van der Waals surface area contributed by atoms with Crippen LogP contribution < -0.4 is 5.32 Å². The third-order valence-corrected chi connectivity index (χ3v) is 3.50. The summed E-state index contributed by atoms with van der Waals surface area (Å²) in [5.74, 6) is 0. The topological polar surface area (TPSA) is 24.9 Å². The minimum Gasteiger partial charge on any atom is -0.310 e. The molecule has 0 aliphatic heterocycles. The Balaban J connectivity index is 1.86. The molecule has 2 nitrogen and oxygen atoms in total. The number of pyridine rings is 1. The maximum atomic E-state index is 5.88. The fourth-order valence-electron chi connectivity index (χ4n) is 2.01. The van der Waals surface area contributed by atoms with Gasteiger partial charge in [0.15, 0.2) is 0 Å². The molecule has 0 radical (unpaired) electrons. The van der Waals surface area contributed by atoms with Crippen molar-refractivity contribution < 1.29 is 0 Å². The van der Waals surface area contributed by atoms with E-state index in [1.165, 1.54) is 16.7 Å². The molecule has 1 heterocycles. The first-order chi connectivity index (χ1) is 9.15. The molecule has 1 unspecified atom stereocenters. The lowest BCUT2D eigenvalue weighted by Gasteiger charge is -2.15. The molecule has 2 rings (SSSR count). The Morgan fingerprint density at radius 2 is 1.95 bits per heavy atom. The van der Waals surface area contributed by atoms with Crippen LogP contribution in [0.4, 0.5) is 0 Å². The van der Waals surface area contributed by atoms with E-state index in [2.05, 4.69) is 36.3 Å². The van der Waals surface area contributed by atoms with E-state index in [1.54, 1.807) is 0 Å². The number of nitrogens with one attached hydrogen (secondary N) is 1. The Morgan fingerprint density at radius 3 is 2.63 bits per heavy atom. The molecular weight excluding hydrogens is 256 g/mol. The highest BCUT2D eigenvalue weighted by Crippen LogP contribution is 2.11. The van der Waals surface area contributed by atoms with Gasteiger partial charge >= 0.3 is 0 Å². The van der Waals surface area contributed by atoms with Crippen molar-refractivity contribution in [3.63, 3.8) is 0 Å². The van der Waals surface area contributed by atoms with Crippen molar-refractivity contribution in [2.45, 2.75) is 32.9 Å². The van der Waals surface area contributed by atoms with E-state index >= 15 is 0 Å². The number of benzene rings is 1. The van der Waals surface area contributed by atoms with Gasteiger partial charge in [-0.05, 0) is 55.2 Å². The average Bonchev–Trinajstić information content (AvgIpc) is 2.40. The van der Waals surface area contributed by atoms with Crippen molar-refractivity contribution in [3.8, 4) is 0 Å². The van der Waals surface area contributed by atoms with Gasteiger partial charge in [-0.2, -0.15) is 0 Å². The Hall–Kier alpha value is -1.38. The number of nitrogens with zero attached hydrogens (tertiary/aromatic N) is 1. The summed E-state index contributed by atoms with van der Waals surface area (Å²) < 4.78 is 0. The van der Waals surface area contributed by atoms with Crippen molar-refractivity contribution in [1.29, 1.82) is 0 Å². The van der Waals surface area contributed by atoms with Crippen LogP contribution in [0.2, 0.25) is 5.02 Å². The van der Waals surface area contributed by atoms with E-state index in [-0.39, 0.29) is 0 Å². The zero-order valence-corrected chi connectivity index (χ0v) is 12.1. The van der Waals surface area contributed by atoms with Crippen LogP contribution >= 0.6 is 11.6 Å². The predicted octanol–water partition coefficient (Wildman–Crippen LogP) is 3.76. The van der Waals surface area contributed by atoms with Crippen molar-refractivity contribution in [3.05, 3.63) is 64.4 Å². The van der Waals surface area contributed by atoms with E-state index in [9.17, 15) is 0 Å². The van der Waals surface area contributed by atoms with Crippen molar-refractivity contribution >= 4 is 11.6 Å². The lowest BCUT2D eigenvalue weighted by molar-refractivity contribution is 0.544. The van der Waals surface area contributed by atoms with Crippen LogP contribution in [0.25, 0.3) is 0 Å². The largest absolute Gasteiger partial charge is 0.310 e. The molecule has 2 aromatic rings. The van der Waals surface area contributed by atoms with Crippen LogP contribution in [0.3, 0.4) is 0 Å². The zero-order chi connectivity index (χ0) is 13.7. The van der Waals surface area contributed by atoms with Gasteiger partial charge in [0.2, 0.25) is 0 Å². The summed E-state index contributed by atoms with van der Waals surface area (Å²) in [5, 5.41) is 4.32. The van der Waals surface area contributed by atoms with Gasteiger partial charge in [0, 0.05) is 30.0 Å². The molecule has 0 aliphatic rings. The van der Waals surface area contributed by atoms with Gasteiger partial charge in [0.1, 0.15) is 0 Å². The van der Waals surface area contributed by atoms with Gasteiger partial charge in [-0.1, -0.05) is 23.7 Å². The Kier molecular flexibility index (Phi) is 4.94. The van der Waals surface area contributed by atoms with Crippen molar-refractivity contribution in [2.24, 2.45) is 0 Å². The molecule has 0 fully saturated rings. The molecule has 1 aromatic heterocycles. The fraction of sp³-hybridized carbons (Fsp3) is 0.312. The number of aryl methyl sites for hydroxylation is 1. The molecule has 19 heavy (non-hydrogen) atoms. The standard InChI is InChI=1S/C16H19ClN2/c1-12-7-8-18-10-15(12)11-19-13(2)9-14-3-5-16(17)6-4-14/h3-8,10,13,19H,9,11H2,1-2H3. The number of rotatable bonds is 5. The number of halogens is 1. The SMILES string of the molecule is Cc1ccncc1CNC(C)Cc1ccc(Cl)cc1. The van der Waals surface area contributed by atoms with E-state index in [0.717, 1.165) is 18.0 Å². The quantitative estimate of drug-likeness (QED) is 0.898. The minimum atomic E-state index is 0.417. The van der Waals surface area contributed by atoms with E-state index in [4.69, 9.17) is 11.6 Å². The molecule has 100 valence electrons. The average molecular weight is 275 g/mol. The summed E-state index contributed by atoms with van der Waals surface area (Å²) in [7, 11) is 0. The predicted molar refractivity (Wildman–Crippen MR) is 80.4 cm³/mol. The van der Waals surface area contributed by atoms with Crippen molar-refractivity contribution in [1.82, 2.24) is 10.3 Å². The fourth-order valence-corrected chi connectivity index (χ4v) is 2.14. The molecule has 0 bridgehead atoms. The highest BCUT2D eigenvalue weighted by molar-refractivity contribution is 6.30. The third-order valence-electron chi connectivity index (χ3n) is 3.24. The molecule has 0 amide bonds. The highest BCUT2D eigenvalue weighted by atomic mass is 35.5. The van der Waals surface area contributed by atoms with Gasteiger partial charge < -0.3 is 5.32 Å². The van der Waals surface area contributed by atoms with E-state index in [0.29, 0.717) is 6.04 Å². The lowest BCUT2D eigenvalue weighted by atomic mass is 10.1. The first-order valence-electron chi connectivity index (χ1n) is 6.52. The second-order valence-corrected chi connectivity index (χ2v) is 5.35. The van der Waals surface area contributed by atoms with Gasteiger partial charge in [-0.15, -0.1) is 0 Å². The van der Waals surface area contributed by atoms with Gasteiger partial charge in [0.25, 0.3) is 0 Å². The summed E-state index contributed by atoms with van der Waals surface area (Å²) in [6.45, 7) is 5.16. The van der Waals surface area contributed by atoms with Crippen LogP contribution in [0.5, 0.6) is 0 Å². The molecule has 1 atom stereocenters. The van der Waals surface area contributed by atoms with Crippen LogP contribution in [0, 0.1) is 6.92 Å². The van der Waals surface area contributed by atoms with Gasteiger partial charge in [-0.3, -0.25) is 4.98 Å². The second kappa shape index (κ2) is 6.69. The molecule has 1 aromatic carbocycles. The molecule has 3 heteroatoms. The molecule has 0 spiro atoms. The lowest BCUT2D eigenvalue weighted by Crippen LogP contribution is -2.27. The first-order valence-corrected chi connectivity index (χ1v) is 6.90. The van der Waals surface area contributed by atoms with Crippen LogP contribution in [-0.4, -0.2) is 11.0 Å². The molecule has 0 aliphatic carbocycles. The summed E-state index contributed by atoms with van der Waals surface area (Å²) in [5.41, 5.74) is 3.83.